The molecule has 0 spiro atoms. The Kier molecular flexibility index (Phi) is 3.82. The summed E-state index contributed by atoms with van der Waals surface area (Å²) in [5.74, 6) is 0.345. The van der Waals surface area contributed by atoms with Crippen LogP contribution in [-0.4, -0.2) is 6.04 Å². The van der Waals surface area contributed by atoms with E-state index in [4.69, 9.17) is 17.3 Å². The molecule has 1 aliphatic carbocycles. The fourth-order valence-electron chi connectivity index (χ4n) is 2.39. The second-order valence-electron chi connectivity index (χ2n) is 4.73. The van der Waals surface area contributed by atoms with Gasteiger partial charge in [-0.1, -0.05) is 17.7 Å². The molecule has 16 heavy (non-hydrogen) atoms. The molecule has 1 saturated carbocycles. The molecular weight excluding hydrogens is 225 g/mol. The smallest absolute Gasteiger partial charge is 0.141 e. The first-order valence-corrected chi connectivity index (χ1v) is 6.22. The van der Waals surface area contributed by atoms with Crippen LogP contribution in [0.25, 0.3) is 0 Å². The van der Waals surface area contributed by atoms with E-state index in [0.717, 1.165) is 24.8 Å². The lowest BCUT2D eigenvalue weighted by Crippen LogP contribution is -2.27. The molecule has 0 amide bonds. The molecule has 0 aliphatic heterocycles. The number of benzene rings is 1. The maximum Gasteiger partial charge on any atom is 0.141 e. The van der Waals surface area contributed by atoms with E-state index in [1.54, 1.807) is 6.07 Å². The van der Waals surface area contributed by atoms with Crippen molar-refractivity contribution in [3.63, 3.8) is 0 Å². The molecule has 0 aromatic heterocycles. The van der Waals surface area contributed by atoms with Gasteiger partial charge < -0.3 is 5.73 Å². The molecule has 1 fully saturated rings. The lowest BCUT2D eigenvalue weighted by Gasteiger charge is -2.26. The zero-order valence-corrected chi connectivity index (χ0v) is 10.0. The van der Waals surface area contributed by atoms with Crippen LogP contribution in [0.4, 0.5) is 4.39 Å². The molecule has 0 bridgehead atoms. The first-order valence-electron chi connectivity index (χ1n) is 5.84. The van der Waals surface area contributed by atoms with Crippen molar-refractivity contribution in [3.05, 3.63) is 34.6 Å². The maximum absolute atomic E-state index is 13.0. The molecule has 3 heteroatoms. The summed E-state index contributed by atoms with van der Waals surface area (Å²) >= 11 is 5.76. The van der Waals surface area contributed by atoms with Crippen molar-refractivity contribution in [1.29, 1.82) is 0 Å². The first kappa shape index (κ1) is 11.9. The van der Waals surface area contributed by atoms with E-state index < -0.39 is 0 Å². The Labute approximate surface area is 101 Å². The van der Waals surface area contributed by atoms with Crippen molar-refractivity contribution < 1.29 is 4.39 Å². The normalized spacial score (nSPS) is 25.7. The van der Waals surface area contributed by atoms with Crippen molar-refractivity contribution >= 4 is 11.6 Å². The van der Waals surface area contributed by atoms with Gasteiger partial charge in [-0.25, -0.2) is 4.39 Å². The molecule has 0 saturated heterocycles. The van der Waals surface area contributed by atoms with Crippen LogP contribution in [0.5, 0.6) is 0 Å². The number of hydrogen-bond acceptors (Lipinski definition) is 1. The highest BCUT2D eigenvalue weighted by atomic mass is 35.5. The van der Waals surface area contributed by atoms with Crippen LogP contribution < -0.4 is 5.73 Å². The standard InChI is InChI=1S/C13H17ClFN/c14-12-8-10(3-6-13(12)15)7-9-1-4-11(16)5-2-9/h3,6,8-9,11H,1-2,4-5,7,16H2. The van der Waals surface area contributed by atoms with Crippen LogP contribution in [0.2, 0.25) is 5.02 Å². The van der Waals surface area contributed by atoms with Crippen LogP contribution in [0, 0.1) is 11.7 Å². The second kappa shape index (κ2) is 5.15. The maximum atomic E-state index is 13.0. The number of rotatable bonds is 2. The summed E-state index contributed by atoms with van der Waals surface area (Å²) in [4.78, 5) is 0. The van der Waals surface area contributed by atoms with Gasteiger partial charge in [-0.3, -0.25) is 0 Å². The minimum atomic E-state index is -0.337. The molecule has 1 aliphatic rings. The molecule has 2 N–H and O–H groups in total. The molecule has 88 valence electrons. The highest BCUT2D eigenvalue weighted by Gasteiger charge is 2.18. The van der Waals surface area contributed by atoms with E-state index in [1.807, 2.05) is 6.07 Å². The number of halogens is 2. The van der Waals surface area contributed by atoms with Gasteiger partial charge in [0.05, 0.1) is 5.02 Å². The zero-order valence-electron chi connectivity index (χ0n) is 9.26. The van der Waals surface area contributed by atoms with Crippen molar-refractivity contribution in [2.24, 2.45) is 11.7 Å². The summed E-state index contributed by atoms with van der Waals surface area (Å²) in [7, 11) is 0. The predicted molar refractivity (Wildman–Crippen MR) is 65.0 cm³/mol. The molecule has 2 rings (SSSR count). The Hall–Kier alpha value is -0.600. The minimum Gasteiger partial charge on any atom is -0.328 e. The van der Waals surface area contributed by atoms with Crippen LogP contribution in [0.1, 0.15) is 31.2 Å². The largest absolute Gasteiger partial charge is 0.328 e. The summed E-state index contributed by atoms with van der Waals surface area (Å²) in [5.41, 5.74) is 6.99. The van der Waals surface area contributed by atoms with Crippen molar-refractivity contribution in [1.82, 2.24) is 0 Å². The Bertz CT molecular complexity index is 359. The van der Waals surface area contributed by atoms with Crippen LogP contribution in [0.15, 0.2) is 18.2 Å². The molecule has 1 nitrogen and oxygen atoms in total. The third-order valence-electron chi connectivity index (χ3n) is 3.40. The third-order valence-corrected chi connectivity index (χ3v) is 3.69. The number of hydrogen-bond donors (Lipinski definition) is 1. The Balaban J connectivity index is 1.96. The van der Waals surface area contributed by atoms with E-state index >= 15 is 0 Å². The van der Waals surface area contributed by atoms with Crippen LogP contribution in [0.3, 0.4) is 0 Å². The predicted octanol–water partition coefficient (Wildman–Crippen LogP) is 3.54. The first-order chi connectivity index (χ1) is 7.65. The Morgan fingerprint density at radius 3 is 2.56 bits per heavy atom. The monoisotopic (exact) mass is 241 g/mol. The highest BCUT2D eigenvalue weighted by Crippen LogP contribution is 2.27. The van der Waals surface area contributed by atoms with E-state index in [2.05, 4.69) is 0 Å². The summed E-state index contributed by atoms with van der Waals surface area (Å²) in [5, 5.41) is 0.227. The molecular formula is C13H17ClFN. The molecule has 1 aromatic rings. The quantitative estimate of drug-likeness (QED) is 0.842. The average Bonchev–Trinajstić information content (AvgIpc) is 2.27. The van der Waals surface area contributed by atoms with E-state index in [9.17, 15) is 4.39 Å². The lowest BCUT2D eigenvalue weighted by molar-refractivity contribution is 0.325. The molecule has 0 radical (unpaired) electrons. The van der Waals surface area contributed by atoms with Crippen molar-refractivity contribution in [2.75, 3.05) is 0 Å². The summed E-state index contributed by atoms with van der Waals surface area (Å²) in [6.07, 6.45) is 5.57. The molecule has 0 atom stereocenters. The van der Waals surface area contributed by atoms with E-state index in [-0.39, 0.29) is 10.8 Å². The summed E-state index contributed by atoms with van der Waals surface area (Å²) < 4.78 is 13.0. The average molecular weight is 242 g/mol. The van der Waals surface area contributed by atoms with Gasteiger partial charge in [-0.15, -0.1) is 0 Å². The topological polar surface area (TPSA) is 26.0 Å². The highest BCUT2D eigenvalue weighted by molar-refractivity contribution is 6.30. The summed E-state index contributed by atoms with van der Waals surface area (Å²) in [6, 6.07) is 5.40. The van der Waals surface area contributed by atoms with Crippen LogP contribution in [-0.2, 0) is 6.42 Å². The lowest BCUT2D eigenvalue weighted by atomic mass is 9.83. The van der Waals surface area contributed by atoms with Gasteiger partial charge in [0.2, 0.25) is 0 Å². The fourth-order valence-corrected chi connectivity index (χ4v) is 2.60. The van der Waals surface area contributed by atoms with E-state index in [1.165, 1.54) is 18.9 Å². The molecule has 0 heterocycles. The van der Waals surface area contributed by atoms with E-state index in [0.29, 0.717) is 12.0 Å². The zero-order chi connectivity index (χ0) is 11.5. The van der Waals surface area contributed by atoms with Gasteiger partial charge in [0.1, 0.15) is 5.82 Å². The summed E-state index contributed by atoms with van der Waals surface area (Å²) in [6.45, 7) is 0. The van der Waals surface area contributed by atoms with Crippen molar-refractivity contribution in [3.8, 4) is 0 Å². The van der Waals surface area contributed by atoms with Gasteiger partial charge >= 0.3 is 0 Å². The number of nitrogens with two attached hydrogens (primary N) is 1. The van der Waals surface area contributed by atoms with Crippen LogP contribution >= 0.6 is 11.6 Å². The third kappa shape index (κ3) is 2.96. The van der Waals surface area contributed by atoms with Gasteiger partial charge in [0.25, 0.3) is 0 Å². The molecule has 1 aromatic carbocycles. The van der Waals surface area contributed by atoms with Gasteiger partial charge in [0.15, 0.2) is 0 Å². The van der Waals surface area contributed by atoms with Gasteiger partial charge in [-0.05, 0) is 55.7 Å². The van der Waals surface area contributed by atoms with Gasteiger partial charge in [0, 0.05) is 6.04 Å². The Morgan fingerprint density at radius 2 is 1.94 bits per heavy atom. The Morgan fingerprint density at radius 1 is 1.25 bits per heavy atom. The molecule has 0 unspecified atom stereocenters. The fraction of sp³-hybridized carbons (Fsp3) is 0.538. The minimum absolute atomic E-state index is 0.227. The van der Waals surface area contributed by atoms with Gasteiger partial charge in [-0.2, -0.15) is 0 Å². The van der Waals surface area contributed by atoms with Crippen molar-refractivity contribution in [2.45, 2.75) is 38.1 Å². The second-order valence-corrected chi connectivity index (χ2v) is 5.14. The SMILES string of the molecule is NC1CCC(Cc2ccc(F)c(Cl)c2)CC1.